The van der Waals surface area contributed by atoms with Crippen molar-refractivity contribution in [1.29, 1.82) is 0 Å². The molecule has 0 amide bonds. The first kappa shape index (κ1) is 18.8. The number of hydrogen-bond acceptors (Lipinski definition) is 4. The second kappa shape index (κ2) is 8.62. The molecule has 0 radical (unpaired) electrons. The molecule has 4 rings (SSSR count). The average molecular weight is 404 g/mol. The molecule has 1 heterocycles. The van der Waals surface area contributed by atoms with E-state index in [1.807, 2.05) is 54.6 Å². The van der Waals surface area contributed by atoms with Crippen molar-refractivity contribution in [3.05, 3.63) is 101 Å². The number of ether oxygens (including phenoxy) is 1. The maximum Gasteiger partial charge on any atom is 0.216 e. The summed E-state index contributed by atoms with van der Waals surface area (Å²) in [6.45, 7) is 0.504. The number of hydrogen-bond donors (Lipinski definition) is 1. The molecule has 0 aliphatic carbocycles. The van der Waals surface area contributed by atoms with E-state index >= 15 is 0 Å². The zero-order valence-electron chi connectivity index (χ0n) is 15.3. The molecule has 0 aliphatic heterocycles. The summed E-state index contributed by atoms with van der Waals surface area (Å²) >= 11 is 5.22. The molecular weight excluding hydrogens is 387 g/mol. The Hall–Kier alpha value is -3.58. The second-order valence-electron chi connectivity index (χ2n) is 6.23. The fourth-order valence-corrected chi connectivity index (χ4v) is 2.91. The molecule has 29 heavy (non-hydrogen) atoms. The zero-order valence-corrected chi connectivity index (χ0v) is 16.1. The Morgan fingerprint density at radius 2 is 1.72 bits per heavy atom. The molecule has 0 aliphatic rings. The van der Waals surface area contributed by atoms with Crippen LogP contribution in [-0.4, -0.2) is 21.1 Å². The van der Waals surface area contributed by atoms with Gasteiger partial charge in [-0.15, -0.1) is 0 Å². The number of H-pyrrole nitrogens is 1. The van der Waals surface area contributed by atoms with E-state index in [1.54, 1.807) is 24.4 Å². The molecular formula is C22H17FN4OS. The Kier molecular flexibility index (Phi) is 5.58. The van der Waals surface area contributed by atoms with Crippen LogP contribution in [0.3, 0.4) is 0 Å². The van der Waals surface area contributed by atoms with Gasteiger partial charge < -0.3 is 4.74 Å². The molecule has 1 aromatic heterocycles. The standard InChI is InChI=1S/C22H17FN4OS/c23-20-9-5-4-8-19(20)21-25-26-22(29)27(21)24-14-16-10-12-18(13-11-16)28-15-17-6-2-1-3-7-17/h1-14H,15H2,(H,26,29). The van der Waals surface area contributed by atoms with Gasteiger partial charge in [0.15, 0.2) is 5.82 Å². The molecule has 0 atom stereocenters. The van der Waals surface area contributed by atoms with Crippen LogP contribution < -0.4 is 4.74 Å². The van der Waals surface area contributed by atoms with Crippen molar-refractivity contribution in [2.24, 2.45) is 5.10 Å². The Labute approximate surface area is 172 Å². The van der Waals surface area contributed by atoms with E-state index in [0.717, 1.165) is 16.9 Å². The maximum atomic E-state index is 14.1. The minimum absolute atomic E-state index is 0.280. The minimum atomic E-state index is -0.391. The van der Waals surface area contributed by atoms with Gasteiger partial charge in [0.1, 0.15) is 18.2 Å². The second-order valence-corrected chi connectivity index (χ2v) is 6.62. The number of halogens is 1. The van der Waals surface area contributed by atoms with Crippen LogP contribution in [0, 0.1) is 10.6 Å². The molecule has 5 nitrogen and oxygen atoms in total. The lowest BCUT2D eigenvalue weighted by molar-refractivity contribution is 0.306. The highest BCUT2D eigenvalue weighted by molar-refractivity contribution is 7.71. The normalized spacial score (nSPS) is 11.1. The van der Waals surface area contributed by atoms with Crippen molar-refractivity contribution in [3.63, 3.8) is 0 Å². The van der Waals surface area contributed by atoms with Gasteiger partial charge in [0.05, 0.1) is 11.8 Å². The predicted molar refractivity (Wildman–Crippen MR) is 113 cm³/mol. The molecule has 0 bridgehead atoms. The van der Waals surface area contributed by atoms with Crippen molar-refractivity contribution in [2.45, 2.75) is 6.61 Å². The van der Waals surface area contributed by atoms with Crippen LogP contribution >= 0.6 is 12.2 Å². The zero-order chi connectivity index (χ0) is 20.1. The fourth-order valence-electron chi connectivity index (χ4n) is 2.73. The van der Waals surface area contributed by atoms with Crippen LogP contribution in [0.4, 0.5) is 4.39 Å². The number of nitrogens with one attached hydrogen (secondary N) is 1. The molecule has 0 spiro atoms. The van der Waals surface area contributed by atoms with Crippen LogP contribution in [0.1, 0.15) is 11.1 Å². The van der Waals surface area contributed by atoms with Gasteiger partial charge in [0.25, 0.3) is 0 Å². The van der Waals surface area contributed by atoms with Crippen molar-refractivity contribution >= 4 is 18.4 Å². The van der Waals surface area contributed by atoms with Crippen LogP contribution in [0.2, 0.25) is 0 Å². The van der Waals surface area contributed by atoms with Gasteiger partial charge in [-0.2, -0.15) is 14.9 Å². The minimum Gasteiger partial charge on any atom is -0.489 e. The summed E-state index contributed by atoms with van der Waals surface area (Å²) < 4.78 is 21.6. The lowest BCUT2D eigenvalue weighted by Gasteiger charge is -2.06. The Balaban J connectivity index is 1.49. The monoisotopic (exact) mass is 404 g/mol. The maximum absolute atomic E-state index is 14.1. The first-order chi connectivity index (χ1) is 14.2. The highest BCUT2D eigenvalue weighted by Gasteiger charge is 2.12. The van der Waals surface area contributed by atoms with Gasteiger partial charge >= 0.3 is 0 Å². The van der Waals surface area contributed by atoms with Crippen LogP contribution in [0.15, 0.2) is 84.0 Å². The molecule has 0 saturated carbocycles. The van der Waals surface area contributed by atoms with Gasteiger partial charge in [-0.3, -0.25) is 0 Å². The molecule has 3 aromatic carbocycles. The third kappa shape index (κ3) is 4.47. The van der Waals surface area contributed by atoms with E-state index in [-0.39, 0.29) is 4.77 Å². The number of rotatable bonds is 6. The number of aromatic amines is 1. The quantitative estimate of drug-likeness (QED) is 0.355. The van der Waals surface area contributed by atoms with E-state index < -0.39 is 5.82 Å². The van der Waals surface area contributed by atoms with Crippen molar-refractivity contribution in [3.8, 4) is 17.1 Å². The molecule has 0 unspecified atom stereocenters. The summed E-state index contributed by atoms with van der Waals surface area (Å²) in [5.41, 5.74) is 2.27. The Bertz CT molecular complexity index is 1180. The van der Waals surface area contributed by atoms with Gasteiger partial charge in [-0.05, 0) is 59.7 Å². The summed E-state index contributed by atoms with van der Waals surface area (Å²) in [4.78, 5) is 0. The van der Waals surface area contributed by atoms with Gasteiger partial charge in [-0.25, -0.2) is 9.49 Å². The highest BCUT2D eigenvalue weighted by atomic mass is 32.1. The summed E-state index contributed by atoms with van der Waals surface area (Å²) in [5.74, 6) is 0.683. The largest absolute Gasteiger partial charge is 0.489 e. The van der Waals surface area contributed by atoms with Crippen molar-refractivity contribution in [2.75, 3.05) is 0 Å². The third-order valence-electron chi connectivity index (χ3n) is 4.22. The predicted octanol–water partition coefficient (Wildman–Crippen LogP) is 5.21. The Morgan fingerprint density at radius 1 is 1.00 bits per heavy atom. The summed E-state index contributed by atoms with van der Waals surface area (Å²) in [7, 11) is 0. The van der Waals surface area contributed by atoms with Crippen LogP contribution in [-0.2, 0) is 6.61 Å². The van der Waals surface area contributed by atoms with E-state index in [0.29, 0.717) is 18.0 Å². The average Bonchev–Trinajstić information content (AvgIpc) is 3.13. The van der Waals surface area contributed by atoms with E-state index in [2.05, 4.69) is 15.3 Å². The molecule has 144 valence electrons. The first-order valence-corrected chi connectivity index (χ1v) is 9.35. The number of aromatic nitrogens is 3. The highest BCUT2D eigenvalue weighted by Crippen LogP contribution is 2.20. The smallest absolute Gasteiger partial charge is 0.216 e. The van der Waals surface area contributed by atoms with Gasteiger partial charge in [0.2, 0.25) is 4.77 Å². The van der Waals surface area contributed by atoms with Crippen LogP contribution in [0.25, 0.3) is 11.4 Å². The van der Waals surface area contributed by atoms with E-state index in [1.165, 1.54) is 10.7 Å². The van der Waals surface area contributed by atoms with Gasteiger partial charge in [-0.1, -0.05) is 42.5 Å². The molecule has 1 N–H and O–H groups in total. The van der Waals surface area contributed by atoms with Crippen molar-refractivity contribution < 1.29 is 9.13 Å². The lowest BCUT2D eigenvalue weighted by Crippen LogP contribution is -1.97. The van der Waals surface area contributed by atoms with Crippen LogP contribution in [0.5, 0.6) is 5.75 Å². The SMILES string of the molecule is Fc1ccccc1-c1n[nH]c(=S)n1N=Cc1ccc(OCc2ccccc2)cc1. The fraction of sp³-hybridized carbons (Fsp3) is 0.0455. The molecule has 0 fully saturated rings. The molecule has 7 heteroatoms. The number of nitrogens with zero attached hydrogens (tertiary/aromatic N) is 3. The molecule has 0 saturated heterocycles. The van der Waals surface area contributed by atoms with E-state index in [4.69, 9.17) is 17.0 Å². The van der Waals surface area contributed by atoms with Crippen molar-refractivity contribution in [1.82, 2.24) is 14.9 Å². The Morgan fingerprint density at radius 3 is 2.48 bits per heavy atom. The summed E-state index contributed by atoms with van der Waals surface area (Å²) in [5, 5.41) is 11.1. The summed E-state index contributed by atoms with van der Waals surface area (Å²) in [6.07, 6.45) is 1.64. The van der Waals surface area contributed by atoms with Gasteiger partial charge in [0, 0.05) is 0 Å². The first-order valence-electron chi connectivity index (χ1n) is 8.94. The van der Waals surface area contributed by atoms with E-state index in [9.17, 15) is 4.39 Å². The lowest BCUT2D eigenvalue weighted by atomic mass is 10.2. The number of benzene rings is 3. The topological polar surface area (TPSA) is 55.2 Å². The third-order valence-corrected chi connectivity index (χ3v) is 4.48. The molecule has 4 aromatic rings. The summed E-state index contributed by atoms with van der Waals surface area (Å²) in [6, 6.07) is 23.8.